The fourth-order valence-corrected chi connectivity index (χ4v) is 10.3. The van der Waals surface area contributed by atoms with E-state index >= 15 is 0 Å². The number of thiophene rings is 1. The fraction of sp³-hybridized carbons (Fsp3) is 0. The van der Waals surface area contributed by atoms with Crippen molar-refractivity contribution < 1.29 is 0 Å². The van der Waals surface area contributed by atoms with Crippen LogP contribution in [0.1, 0.15) is 0 Å². The third-order valence-corrected chi connectivity index (χ3v) is 13.2. The summed E-state index contributed by atoms with van der Waals surface area (Å²) >= 11 is 1.91. The number of rotatable bonds is 8. The van der Waals surface area contributed by atoms with Crippen molar-refractivity contribution in [2.45, 2.75) is 0 Å². The first-order chi connectivity index (χ1) is 30.2. The third kappa shape index (κ3) is 6.96. The summed E-state index contributed by atoms with van der Waals surface area (Å²) in [4.78, 5) is 0. The van der Waals surface area contributed by atoms with Gasteiger partial charge in [0.25, 0.3) is 0 Å². The summed E-state index contributed by atoms with van der Waals surface area (Å²) in [6.07, 6.45) is 0. The molecule has 11 rings (SSSR count). The van der Waals surface area contributed by atoms with Crippen LogP contribution in [0.4, 0.5) is 0 Å². The van der Waals surface area contributed by atoms with Crippen molar-refractivity contribution in [2.75, 3.05) is 0 Å². The Morgan fingerprint density at radius 2 is 0.443 bits per heavy atom. The lowest BCUT2D eigenvalue weighted by molar-refractivity contribution is 1.56. The molecule has 0 spiro atoms. The molecule has 1 aromatic heterocycles. The Morgan fingerprint density at radius 1 is 0.180 bits per heavy atom. The van der Waals surface area contributed by atoms with Gasteiger partial charge in [0.1, 0.15) is 0 Å². The van der Waals surface area contributed by atoms with Crippen molar-refractivity contribution in [3.63, 3.8) is 0 Å². The van der Waals surface area contributed by atoms with Gasteiger partial charge in [-0.3, -0.25) is 0 Å². The predicted molar refractivity (Wildman–Crippen MR) is 263 cm³/mol. The zero-order valence-electron chi connectivity index (χ0n) is 33.5. The maximum atomic E-state index is 2.36. The highest BCUT2D eigenvalue weighted by Crippen LogP contribution is 2.48. The van der Waals surface area contributed by atoms with E-state index < -0.39 is 0 Å². The largest absolute Gasteiger partial charge is 0.134 e. The first-order valence-electron chi connectivity index (χ1n) is 20.9. The monoisotopic (exact) mass is 792 g/mol. The van der Waals surface area contributed by atoms with Gasteiger partial charge in [0.15, 0.2) is 0 Å². The molecular formula is C60H40S. The quantitative estimate of drug-likeness (QED) is 0.144. The minimum absolute atomic E-state index is 1.20. The van der Waals surface area contributed by atoms with Gasteiger partial charge in [-0.2, -0.15) is 0 Å². The Morgan fingerprint density at radius 3 is 0.770 bits per heavy atom. The Hall–Kier alpha value is -7.58. The topological polar surface area (TPSA) is 0 Å². The van der Waals surface area contributed by atoms with Gasteiger partial charge < -0.3 is 0 Å². The summed E-state index contributed by atoms with van der Waals surface area (Å²) in [5, 5.41) is 2.57. The average molecular weight is 793 g/mol. The number of fused-ring (bicyclic) bond motifs is 3. The van der Waals surface area contributed by atoms with Gasteiger partial charge in [-0.15, -0.1) is 11.3 Å². The highest BCUT2D eigenvalue weighted by atomic mass is 32.1. The summed E-state index contributed by atoms with van der Waals surface area (Å²) in [7, 11) is 0. The molecule has 61 heavy (non-hydrogen) atoms. The molecule has 0 bridgehead atoms. The first kappa shape index (κ1) is 36.5. The minimum atomic E-state index is 1.20. The zero-order chi connectivity index (χ0) is 40.5. The number of hydrogen-bond donors (Lipinski definition) is 0. The summed E-state index contributed by atoms with van der Waals surface area (Å²) < 4.78 is 2.60. The summed E-state index contributed by atoms with van der Waals surface area (Å²) in [6, 6.07) is 88.6. The Bertz CT molecular complexity index is 2990. The highest BCUT2D eigenvalue weighted by molar-refractivity contribution is 7.26. The van der Waals surface area contributed by atoms with Crippen LogP contribution in [-0.4, -0.2) is 0 Å². The maximum absolute atomic E-state index is 2.36. The first-order valence-corrected chi connectivity index (χ1v) is 21.7. The normalized spacial score (nSPS) is 11.3. The van der Waals surface area contributed by atoms with Gasteiger partial charge in [0, 0.05) is 31.3 Å². The lowest BCUT2D eigenvalue weighted by Gasteiger charge is -2.15. The molecule has 0 saturated carbocycles. The van der Waals surface area contributed by atoms with Crippen LogP contribution in [0.3, 0.4) is 0 Å². The van der Waals surface area contributed by atoms with Crippen molar-refractivity contribution in [1.29, 1.82) is 0 Å². The lowest BCUT2D eigenvalue weighted by Crippen LogP contribution is -1.89. The second kappa shape index (κ2) is 15.9. The van der Waals surface area contributed by atoms with Crippen LogP contribution < -0.4 is 0 Å². The molecule has 0 aliphatic carbocycles. The molecule has 0 aliphatic rings. The third-order valence-electron chi connectivity index (χ3n) is 11.9. The Kier molecular flexibility index (Phi) is 9.50. The molecule has 1 heterocycles. The van der Waals surface area contributed by atoms with E-state index in [1.807, 2.05) is 11.3 Å². The standard InChI is InChI=1S/C60H40S/c1-5-19-41(20-6-1)45-35-46(42-21-7-2-8-22-42)38-49(37-45)51-27-13-15-29-53(51)55-31-17-33-57-58-34-18-32-56(60(58)61-59(55)57)54-30-16-14-28-52(54)50-39-47(43-23-9-3-10-24-43)36-48(40-50)44-25-11-4-12-26-44/h1-40H. The van der Waals surface area contributed by atoms with Crippen molar-refractivity contribution in [3.05, 3.63) is 243 Å². The fourth-order valence-electron chi connectivity index (χ4n) is 8.94. The van der Waals surface area contributed by atoms with E-state index in [0.717, 1.165) is 0 Å². The van der Waals surface area contributed by atoms with Gasteiger partial charge in [0.05, 0.1) is 0 Å². The van der Waals surface area contributed by atoms with Crippen molar-refractivity contribution >= 4 is 31.5 Å². The van der Waals surface area contributed by atoms with Gasteiger partial charge in [-0.05, 0) is 114 Å². The highest BCUT2D eigenvalue weighted by Gasteiger charge is 2.19. The molecule has 0 amide bonds. The van der Waals surface area contributed by atoms with E-state index in [-0.39, 0.29) is 0 Å². The molecule has 10 aromatic carbocycles. The molecule has 286 valence electrons. The SMILES string of the molecule is c1ccc(-c2cc(-c3ccccc3)cc(-c3ccccc3-c3cccc4c3sc3c(-c5ccccc5-c5cc(-c6ccccc6)cc(-c6ccccc6)c5)cccc34)c2)cc1. The van der Waals surface area contributed by atoms with Gasteiger partial charge >= 0.3 is 0 Å². The number of benzene rings is 10. The van der Waals surface area contributed by atoms with Crippen molar-refractivity contribution in [1.82, 2.24) is 0 Å². The van der Waals surface area contributed by atoms with E-state index in [1.54, 1.807) is 0 Å². The predicted octanol–water partition coefficient (Wildman–Crippen LogP) is 17.4. The second-order valence-electron chi connectivity index (χ2n) is 15.6. The van der Waals surface area contributed by atoms with Crippen LogP contribution in [0.15, 0.2) is 243 Å². The molecule has 0 aliphatic heterocycles. The number of hydrogen-bond acceptors (Lipinski definition) is 1. The molecule has 0 radical (unpaired) electrons. The molecule has 0 N–H and O–H groups in total. The minimum Gasteiger partial charge on any atom is -0.134 e. The van der Waals surface area contributed by atoms with E-state index in [4.69, 9.17) is 0 Å². The average Bonchev–Trinajstić information content (AvgIpc) is 3.74. The Labute approximate surface area is 361 Å². The molecule has 0 unspecified atom stereocenters. The maximum Gasteiger partial charge on any atom is 0.0434 e. The molecule has 0 fully saturated rings. The van der Waals surface area contributed by atoms with Crippen LogP contribution in [-0.2, 0) is 0 Å². The van der Waals surface area contributed by atoms with Gasteiger partial charge in [0.2, 0.25) is 0 Å². The molecule has 1 heteroatoms. The molecule has 0 atom stereocenters. The van der Waals surface area contributed by atoms with Gasteiger partial charge in [-0.25, -0.2) is 0 Å². The molecule has 0 nitrogen and oxygen atoms in total. The van der Waals surface area contributed by atoms with Gasteiger partial charge in [-0.1, -0.05) is 206 Å². The lowest BCUT2D eigenvalue weighted by atomic mass is 9.89. The van der Waals surface area contributed by atoms with E-state index in [2.05, 4.69) is 243 Å². The van der Waals surface area contributed by atoms with E-state index in [9.17, 15) is 0 Å². The summed E-state index contributed by atoms with van der Waals surface area (Å²) in [5.74, 6) is 0. The smallest absolute Gasteiger partial charge is 0.0434 e. The molecular weight excluding hydrogens is 753 g/mol. The molecule has 0 saturated heterocycles. The van der Waals surface area contributed by atoms with Crippen LogP contribution in [0.5, 0.6) is 0 Å². The summed E-state index contributed by atoms with van der Waals surface area (Å²) in [6.45, 7) is 0. The summed E-state index contributed by atoms with van der Waals surface area (Å²) in [5.41, 5.74) is 19.5. The van der Waals surface area contributed by atoms with E-state index in [1.165, 1.54) is 109 Å². The van der Waals surface area contributed by atoms with Crippen LogP contribution >= 0.6 is 11.3 Å². The van der Waals surface area contributed by atoms with Crippen LogP contribution in [0.25, 0.3) is 109 Å². The zero-order valence-corrected chi connectivity index (χ0v) is 34.3. The molecule has 11 aromatic rings. The van der Waals surface area contributed by atoms with Crippen molar-refractivity contribution in [3.8, 4) is 89.0 Å². The van der Waals surface area contributed by atoms with E-state index in [0.29, 0.717) is 0 Å². The second-order valence-corrected chi connectivity index (χ2v) is 16.6. The van der Waals surface area contributed by atoms with Crippen LogP contribution in [0.2, 0.25) is 0 Å². The Balaban J connectivity index is 1.08. The van der Waals surface area contributed by atoms with Crippen LogP contribution in [0, 0.1) is 0 Å². The van der Waals surface area contributed by atoms with Crippen molar-refractivity contribution in [2.24, 2.45) is 0 Å².